The van der Waals surface area contributed by atoms with Crippen molar-refractivity contribution in [2.75, 3.05) is 0 Å². The molecule has 0 radical (unpaired) electrons. The highest BCUT2D eigenvalue weighted by Gasteiger charge is 2.32. The van der Waals surface area contributed by atoms with E-state index in [-0.39, 0.29) is 12.2 Å². The van der Waals surface area contributed by atoms with Gasteiger partial charge in [-0.1, -0.05) is 30.3 Å². The highest BCUT2D eigenvalue weighted by molar-refractivity contribution is 6.07. The lowest BCUT2D eigenvalue weighted by atomic mass is 9.84. The van der Waals surface area contributed by atoms with Crippen molar-refractivity contribution in [1.29, 1.82) is 0 Å². The van der Waals surface area contributed by atoms with Gasteiger partial charge in [0.2, 0.25) is 0 Å². The molecule has 1 aliphatic rings. The van der Waals surface area contributed by atoms with E-state index in [2.05, 4.69) is 0 Å². The minimum Gasteiger partial charge on any atom is -0.294 e. The summed E-state index contributed by atoms with van der Waals surface area (Å²) < 4.78 is 38.2. The zero-order valence-corrected chi connectivity index (χ0v) is 9.79. The third kappa shape index (κ3) is 1.93. The molecule has 4 heteroatoms. The molecule has 1 nitrogen and oxygen atoms in total. The number of carbonyl (C=O) groups excluding carboxylic acids is 1. The minimum absolute atomic E-state index is 0.0529. The quantitative estimate of drug-likeness (QED) is 0.698. The second-order valence-electron chi connectivity index (χ2n) is 4.52. The lowest BCUT2D eigenvalue weighted by Crippen LogP contribution is -2.14. The Kier molecular flexibility index (Phi) is 2.49. The summed E-state index contributed by atoms with van der Waals surface area (Å²) in [6.07, 6.45) is -4.21. The molecule has 0 saturated carbocycles. The number of rotatable bonds is 0. The molecule has 0 aliphatic heterocycles. The van der Waals surface area contributed by atoms with Gasteiger partial charge in [-0.15, -0.1) is 0 Å². The number of alkyl halides is 3. The van der Waals surface area contributed by atoms with Gasteiger partial charge >= 0.3 is 6.18 Å². The lowest BCUT2D eigenvalue weighted by Gasteiger charge is -2.20. The molecule has 0 aromatic heterocycles. The lowest BCUT2D eigenvalue weighted by molar-refractivity contribution is -0.137. The Morgan fingerprint density at radius 2 is 1.58 bits per heavy atom. The fraction of sp³-hybridized carbons (Fsp3) is 0.133. The third-order valence-electron chi connectivity index (χ3n) is 3.31. The molecule has 0 heterocycles. The van der Waals surface area contributed by atoms with Crippen LogP contribution in [0.15, 0.2) is 42.5 Å². The van der Waals surface area contributed by atoms with Crippen LogP contribution < -0.4 is 0 Å². The van der Waals surface area contributed by atoms with Gasteiger partial charge in [-0.05, 0) is 28.8 Å². The molecule has 0 N–H and O–H groups in total. The van der Waals surface area contributed by atoms with E-state index >= 15 is 0 Å². The van der Waals surface area contributed by atoms with Crippen molar-refractivity contribution in [3.8, 4) is 11.1 Å². The normalized spacial score (nSPS) is 13.9. The highest BCUT2D eigenvalue weighted by atomic mass is 19.4. The average Bonchev–Trinajstić information content (AvgIpc) is 2.37. The van der Waals surface area contributed by atoms with Crippen LogP contribution in [0.2, 0.25) is 0 Å². The zero-order chi connectivity index (χ0) is 13.6. The maximum Gasteiger partial charge on any atom is 0.416 e. The molecule has 3 rings (SSSR count). The summed E-state index contributed by atoms with van der Waals surface area (Å²) in [5, 5.41) is 0. The fourth-order valence-corrected chi connectivity index (χ4v) is 2.39. The first-order valence-corrected chi connectivity index (χ1v) is 5.79. The van der Waals surface area contributed by atoms with Crippen LogP contribution in [-0.4, -0.2) is 5.78 Å². The van der Waals surface area contributed by atoms with E-state index in [0.29, 0.717) is 22.3 Å². The Hall–Kier alpha value is -2.10. The monoisotopic (exact) mass is 262 g/mol. The molecule has 19 heavy (non-hydrogen) atoms. The molecule has 0 spiro atoms. The molecule has 0 amide bonds. The molecule has 2 aromatic rings. The van der Waals surface area contributed by atoms with Crippen LogP contribution in [0.3, 0.4) is 0 Å². The van der Waals surface area contributed by atoms with Gasteiger partial charge in [0.25, 0.3) is 0 Å². The third-order valence-corrected chi connectivity index (χ3v) is 3.31. The van der Waals surface area contributed by atoms with Gasteiger partial charge in [-0.3, -0.25) is 4.79 Å². The van der Waals surface area contributed by atoms with E-state index < -0.39 is 11.7 Å². The van der Waals surface area contributed by atoms with E-state index in [1.807, 2.05) is 0 Å². The van der Waals surface area contributed by atoms with Gasteiger partial charge in [0, 0.05) is 12.0 Å². The number of hydrogen-bond donors (Lipinski definition) is 0. The van der Waals surface area contributed by atoms with E-state index in [1.54, 1.807) is 24.3 Å². The maximum atomic E-state index is 12.7. The summed E-state index contributed by atoms with van der Waals surface area (Å²) in [5.74, 6) is -0.0529. The summed E-state index contributed by atoms with van der Waals surface area (Å²) in [7, 11) is 0. The van der Waals surface area contributed by atoms with Crippen LogP contribution in [0, 0.1) is 0 Å². The van der Waals surface area contributed by atoms with E-state index in [0.717, 1.165) is 12.1 Å². The van der Waals surface area contributed by atoms with Crippen LogP contribution in [0.25, 0.3) is 11.1 Å². The van der Waals surface area contributed by atoms with Gasteiger partial charge < -0.3 is 0 Å². The molecule has 1 aliphatic carbocycles. The summed E-state index contributed by atoms with van der Waals surface area (Å²) >= 11 is 0. The van der Waals surface area contributed by atoms with E-state index in [4.69, 9.17) is 0 Å². The van der Waals surface area contributed by atoms with Gasteiger partial charge in [0.15, 0.2) is 5.78 Å². The van der Waals surface area contributed by atoms with Crippen LogP contribution in [0.5, 0.6) is 0 Å². The number of hydrogen-bond acceptors (Lipinski definition) is 1. The van der Waals surface area contributed by atoms with E-state index in [1.165, 1.54) is 6.07 Å². The topological polar surface area (TPSA) is 17.1 Å². The SMILES string of the molecule is O=C1Cc2ccc(C(F)(F)F)cc2-c2ccccc21. The molecule has 0 atom stereocenters. The summed E-state index contributed by atoms with van der Waals surface area (Å²) in [6.45, 7) is 0. The standard InChI is InChI=1S/C15H9F3O/c16-15(17,18)10-6-5-9-7-14(19)12-4-2-1-3-11(12)13(9)8-10/h1-6,8H,7H2. The summed E-state index contributed by atoms with van der Waals surface area (Å²) in [5.41, 5.74) is 1.55. The first kappa shape index (κ1) is 12.0. The molecule has 0 saturated heterocycles. The van der Waals surface area contributed by atoms with Gasteiger partial charge in [0.1, 0.15) is 0 Å². The van der Waals surface area contributed by atoms with Crippen LogP contribution in [0.1, 0.15) is 21.5 Å². The largest absolute Gasteiger partial charge is 0.416 e. The number of carbonyl (C=O) groups is 1. The smallest absolute Gasteiger partial charge is 0.294 e. The second-order valence-corrected chi connectivity index (χ2v) is 4.52. The number of Topliss-reactive ketones (excluding diaryl/α,β-unsaturated/α-hetero) is 1. The highest BCUT2D eigenvalue weighted by Crippen LogP contribution is 2.38. The molecule has 0 unspecified atom stereocenters. The number of halogens is 3. The molecular weight excluding hydrogens is 253 g/mol. The zero-order valence-electron chi connectivity index (χ0n) is 9.79. The van der Waals surface area contributed by atoms with Crippen molar-refractivity contribution in [1.82, 2.24) is 0 Å². The van der Waals surface area contributed by atoms with Crippen molar-refractivity contribution in [2.45, 2.75) is 12.6 Å². The maximum absolute atomic E-state index is 12.7. The molecule has 0 bridgehead atoms. The van der Waals surface area contributed by atoms with E-state index in [9.17, 15) is 18.0 Å². The Labute approximate surface area is 107 Å². The van der Waals surface area contributed by atoms with Crippen molar-refractivity contribution in [3.63, 3.8) is 0 Å². The minimum atomic E-state index is -4.37. The Balaban J connectivity index is 2.24. The summed E-state index contributed by atoms with van der Waals surface area (Å²) in [6, 6.07) is 10.3. The molecular formula is C15H9F3O. The van der Waals surface area contributed by atoms with Crippen LogP contribution in [0.4, 0.5) is 13.2 Å². The first-order chi connectivity index (χ1) is 8.97. The number of benzene rings is 2. The fourth-order valence-electron chi connectivity index (χ4n) is 2.39. The van der Waals surface area contributed by atoms with Gasteiger partial charge in [0.05, 0.1) is 5.56 Å². The van der Waals surface area contributed by atoms with Crippen molar-refractivity contribution < 1.29 is 18.0 Å². The average molecular weight is 262 g/mol. The number of ketones is 1. The van der Waals surface area contributed by atoms with Gasteiger partial charge in [-0.2, -0.15) is 13.2 Å². The van der Waals surface area contributed by atoms with Crippen LogP contribution >= 0.6 is 0 Å². The molecule has 96 valence electrons. The van der Waals surface area contributed by atoms with Crippen molar-refractivity contribution >= 4 is 5.78 Å². The van der Waals surface area contributed by atoms with Crippen molar-refractivity contribution in [3.05, 3.63) is 59.2 Å². The van der Waals surface area contributed by atoms with Crippen molar-refractivity contribution in [2.24, 2.45) is 0 Å². The molecule has 2 aromatic carbocycles. The van der Waals surface area contributed by atoms with Crippen LogP contribution in [-0.2, 0) is 12.6 Å². The predicted octanol–water partition coefficient (Wildman–Crippen LogP) is 4.11. The predicted molar refractivity (Wildman–Crippen MR) is 64.9 cm³/mol. The summed E-state index contributed by atoms with van der Waals surface area (Å²) in [4.78, 5) is 11.9. The Morgan fingerprint density at radius 3 is 2.26 bits per heavy atom. The molecule has 0 fully saturated rings. The number of fused-ring (bicyclic) bond motifs is 3. The Bertz CT molecular complexity index is 671. The second kappa shape index (κ2) is 3.95. The Morgan fingerprint density at radius 1 is 0.895 bits per heavy atom. The first-order valence-electron chi connectivity index (χ1n) is 5.79. The van der Waals surface area contributed by atoms with Gasteiger partial charge in [-0.25, -0.2) is 0 Å².